The van der Waals surface area contributed by atoms with Crippen molar-refractivity contribution in [3.63, 3.8) is 0 Å². The summed E-state index contributed by atoms with van der Waals surface area (Å²) in [6.07, 6.45) is 0. The minimum absolute atomic E-state index is 0. The summed E-state index contributed by atoms with van der Waals surface area (Å²) in [7, 11) is 3.43. The molecule has 0 rings (SSSR count). The summed E-state index contributed by atoms with van der Waals surface area (Å²) in [6.45, 7) is 0.111. The van der Waals surface area contributed by atoms with Crippen LogP contribution in [-0.4, -0.2) is 55.5 Å². The zero-order valence-electron chi connectivity index (χ0n) is 4.51. The molecule has 0 bridgehead atoms. The van der Waals surface area contributed by atoms with Gasteiger partial charge in [0.05, 0.1) is 6.54 Å². The van der Waals surface area contributed by atoms with Crippen LogP contribution in [0.25, 0.3) is 0 Å². The molecule has 0 saturated carbocycles. The van der Waals surface area contributed by atoms with Crippen LogP contribution in [0.15, 0.2) is 0 Å². The van der Waals surface area contributed by atoms with E-state index in [0.717, 1.165) is 0 Å². The number of hydrogen-bond acceptors (Lipinski definition) is 2. The fourth-order valence-corrected chi connectivity index (χ4v) is 0.271. The molecule has 0 amide bonds. The van der Waals surface area contributed by atoms with Gasteiger partial charge in [-0.15, -0.1) is 0 Å². The number of nitrogens with zero attached hydrogens (tertiary/aromatic N) is 1. The Bertz CT molecular complexity index is 74.4. The molecule has 44 valence electrons. The van der Waals surface area contributed by atoms with Crippen molar-refractivity contribution in [1.82, 2.24) is 4.90 Å². The molecule has 0 aliphatic heterocycles. The predicted octanol–water partition coefficient (Wildman–Crippen LogP) is -1.02. The molecule has 0 unspecified atom stereocenters. The molecule has 0 radical (unpaired) electrons. The third kappa shape index (κ3) is 9.39. The van der Waals surface area contributed by atoms with Crippen molar-refractivity contribution in [2.75, 3.05) is 20.6 Å². The molecule has 0 aliphatic carbocycles. The Morgan fingerprint density at radius 2 is 2.00 bits per heavy atom. The van der Waals surface area contributed by atoms with E-state index in [1.807, 2.05) is 0 Å². The molecule has 0 aliphatic rings. The average Bonchev–Trinajstić information content (AvgIpc) is 1.27. The summed E-state index contributed by atoms with van der Waals surface area (Å²) in [6, 6.07) is 0. The van der Waals surface area contributed by atoms with Crippen LogP contribution in [0.2, 0.25) is 0 Å². The van der Waals surface area contributed by atoms with Gasteiger partial charge in [0.15, 0.2) is 0 Å². The SMILES string of the molecule is CN(C)CC(=O)O.[LiH]. The number of carbonyl (C=O) groups is 1. The van der Waals surface area contributed by atoms with Gasteiger partial charge in [0.2, 0.25) is 0 Å². The fourth-order valence-electron chi connectivity index (χ4n) is 0.271. The van der Waals surface area contributed by atoms with E-state index >= 15 is 0 Å². The first-order valence-electron chi connectivity index (χ1n) is 1.99. The first-order valence-corrected chi connectivity index (χ1v) is 1.99. The van der Waals surface area contributed by atoms with Gasteiger partial charge >= 0.3 is 24.8 Å². The minimum atomic E-state index is -0.787. The zero-order chi connectivity index (χ0) is 5.86. The standard InChI is InChI=1S/C4H9NO2.Li.H/c1-5(2)3-4(6)7;;/h3H2,1-2H3,(H,6,7);;. The molecule has 4 heteroatoms. The molecule has 0 heterocycles. The van der Waals surface area contributed by atoms with Gasteiger partial charge < -0.3 is 5.11 Å². The van der Waals surface area contributed by atoms with Crippen LogP contribution in [0, 0.1) is 0 Å². The Morgan fingerprint density at radius 1 is 1.62 bits per heavy atom. The van der Waals surface area contributed by atoms with Gasteiger partial charge in [-0.05, 0) is 14.1 Å². The van der Waals surface area contributed by atoms with E-state index in [2.05, 4.69) is 0 Å². The van der Waals surface area contributed by atoms with E-state index in [9.17, 15) is 4.79 Å². The number of likely N-dealkylation sites (N-methyl/N-ethyl adjacent to an activating group) is 1. The zero-order valence-corrected chi connectivity index (χ0v) is 4.51. The van der Waals surface area contributed by atoms with Crippen molar-refractivity contribution in [1.29, 1.82) is 0 Å². The van der Waals surface area contributed by atoms with Crippen LogP contribution in [0.5, 0.6) is 0 Å². The Kier molecular flexibility index (Phi) is 7.05. The normalized spacial score (nSPS) is 8.38. The van der Waals surface area contributed by atoms with Gasteiger partial charge in [-0.25, -0.2) is 0 Å². The predicted molar refractivity (Wildman–Crippen MR) is 33.3 cm³/mol. The molecule has 0 fully saturated rings. The van der Waals surface area contributed by atoms with Crippen molar-refractivity contribution < 1.29 is 9.90 Å². The Labute approximate surface area is 60.8 Å². The van der Waals surface area contributed by atoms with E-state index in [0.29, 0.717) is 0 Å². The number of rotatable bonds is 2. The van der Waals surface area contributed by atoms with Crippen molar-refractivity contribution in [3.05, 3.63) is 0 Å². The van der Waals surface area contributed by atoms with Gasteiger partial charge in [-0.3, -0.25) is 9.69 Å². The fraction of sp³-hybridized carbons (Fsp3) is 0.750. The van der Waals surface area contributed by atoms with Crippen molar-refractivity contribution in [2.45, 2.75) is 0 Å². The summed E-state index contributed by atoms with van der Waals surface area (Å²) >= 11 is 0. The summed E-state index contributed by atoms with van der Waals surface area (Å²) in [4.78, 5) is 11.4. The summed E-state index contributed by atoms with van der Waals surface area (Å²) in [5.74, 6) is -0.787. The first kappa shape index (κ1) is 10.9. The van der Waals surface area contributed by atoms with Gasteiger partial charge in [0.25, 0.3) is 0 Å². The van der Waals surface area contributed by atoms with E-state index < -0.39 is 5.97 Å². The number of carboxylic acid groups (broad SMARTS) is 1. The van der Waals surface area contributed by atoms with Gasteiger partial charge in [-0.1, -0.05) is 0 Å². The monoisotopic (exact) mass is 111 g/mol. The first-order chi connectivity index (χ1) is 3.13. The Balaban J connectivity index is 0. The maximum atomic E-state index is 9.77. The summed E-state index contributed by atoms with van der Waals surface area (Å²) in [5, 5.41) is 8.04. The second kappa shape index (κ2) is 5.17. The summed E-state index contributed by atoms with van der Waals surface area (Å²) < 4.78 is 0. The molecular formula is C4H10LiNO2. The molecule has 0 atom stereocenters. The van der Waals surface area contributed by atoms with E-state index in [4.69, 9.17) is 5.11 Å². The maximum absolute atomic E-state index is 9.77. The third-order valence-electron chi connectivity index (χ3n) is 0.451. The van der Waals surface area contributed by atoms with Crippen molar-refractivity contribution >= 4 is 24.8 Å². The second-order valence-corrected chi connectivity index (χ2v) is 1.63. The summed E-state index contributed by atoms with van der Waals surface area (Å²) in [5.41, 5.74) is 0. The number of aliphatic carboxylic acids is 1. The molecule has 8 heavy (non-hydrogen) atoms. The van der Waals surface area contributed by atoms with Crippen LogP contribution in [-0.2, 0) is 4.79 Å². The molecular weight excluding hydrogens is 101 g/mol. The molecule has 0 aromatic rings. The third-order valence-corrected chi connectivity index (χ3v) is 0.451. The van der Waals surface area contributed by atoms with Crippen LogP contribution in [0.4, 0.5) is 0 Å². The van der Waals surface area contributed by atoms with E-state index in [1.54, 1.807) is 19.0 Å². The van der Waals surface area contributed by atoms with Crippen LogP contribution >= 0.6 is 0 Å². The van der Waals surface area contributed by atoms with Gasteiger partial charge in [0, 0.05) is 0 Å². The van der Waals surface area contributed by atoms with Gasteiger partial charge in [-0.2, -0.15) is 0 Å². The Hall–Kier alpha value is 0.0274. The molecule has 0 saturated heterocycles. The topological polar surface area (TPSA) is 40.5 Å². The Morgan fingerprint density at radius 3 is 2.00 bits per heavy atom. The van der Waals surface area contributed by atoms with E-state index in [1.165, 1.54) is 0 Å². The van der Waals surface area contributed by atoms with Crippen molar-refractivity contribution in [3.8, 4) is 0 Å². The number of hydrogen-bond donors (Lipinski definition) is 1. The molecule has 1 N–H and O–H groups in total. The average molecular weight is 111 g/mol. The van der Waals surface area contributed by atoms with Crippen LogP contribution < -0.4 is 0 Å². The van der Waals surface area contributed by atoms with E-state index in [-0.39, 0.29) is 25.4 Å². The quantitative estimate of drug-likeness (QED) is 0.464. The molecule has 3 nitrogen and oxygen atoms in total. The molecule has 0 aromatic heterocycles. The van der Waals surface area contributed by atoms with Crippen LogP contribution in [0.3, 0.4) is 0 Å². The molecule has 0 aromatic carbocycles. The van der Waals surface area contributed by atoms with Crippen LogP contribution in [0.1, 0.15) is 0 Å². The van der Waals surface area contributed by atoms with Gasteiger partial charge in [0.1, 0.15) is 0 Å². The molecule has 0 spiro atoms. The second-order valence-electron chi connectivity index (χ2n) is 1.63. The number of carboxylic acids is 1. The van der Waals surface area contributed by atoms with Crippen molar-refractivity contribution in [2.24, 2.45) is 0 Å².